The quantitative estimate of drug-likeness (QED) is 0.507. The molecule has 8 heteroatoms. The zero-order valence-electron chi connectivity index (χ0n) is 14.8. The number of hydrogen-bond donors (Lipinski definition) is 3. The molecule has 0 bridgehead atoms. The van der Waals surface area contributed by atoms with Gasteiger partial charge in [0.15, 0.2) is 11.6 Å². The number of imidazole rings is 1. The Kier molecular flexibility index (Phi) is 5.52. The minimum atomic E-state index is -0.910. The summed E-state index contributed by atoms with van der Waals surface area (Å²) in [6.07, 6.45) is 5.14. The van der Waals surface area contributed by atoms with Gasteiger partial charge >= 0.3 is 0 Å². The molecule has 1 fully saturated rings. The normalized spacial score (nSPS) is 17.1. The summed E-state index contributed by atoms with van der Waals surface area (Å²) in [5, 5.41) is 0. The smallest absolute Gasteiger partial charge is 0.161 e. The standard InChI is InChI=1S/C18H23F2N5S/c1-3-26-24-10(2)15(22)6-11(9-21)18-23-16-7-13(19)14(20)8-17(16)25(18)12-4-5-12/h6-10,12,24H,3-5,21-22H2,1-2H3/b11-9+,15-6-. The number of hydrogen-bond acceptors (Lipinski definition) is 5. The van der Waals surface area contributed by atoms with Crippen LogP contribution in [0.25, 0.3) is 16.6 Å². The van der Waals surface area contributed by atoms with Gasteiger partial charge in [0, 0.05) is 41.4 Å². The first-order valence-corrected chi connectivity index (χ1v) is 9.58. The lowest BCUT2D eigenvalue weighted by atomic mass is 10.1. The molecule has 5 N–H and O–H groups in total. The van der Waals surface area contributed by atoms with Crippen molar-refractivity contribution in [1.29, 1.82) is 0 Å². The average Bonchev–Trinajstić information content (AvgIpc) is 3.40. The molecule has 1 aromatic heterocycles. The van der Waals surface area contributed by atoms with Gasteiger partial charge in [-0.25, -0.2) is 13.8 Å². The fourth-order valence-corrected chi connectivity index (χ4v) is 3.32. The van der Waals surface area contributed by atoms with Crippen molar-refractivity contribution in [1.82, 2.24) is 14.3 Å². The number of benzene rings is 1. The van der Waals surface area contributed by atoms with Gasteiger partial charge in [-0.15, -0.1) is 0 Å². The number of nitrogens with two attached hydrogens (primary N) is 2. The van der Waals surface area contributed by atoms with Crippen molar-refractivity contribution in [3.8, 4) is 0 Å². The van der Waals surface area contributed by atoms with Gasteiger partial charge < -0.3 is 16.0 Å². The molecule has 0 spiro atoms. The SMILES string of the molecule is CCSNC(C)/C(N)=C/C(=C\N)c1nc2cc(F)c(F)cc2n1C1CC1. The van der Waals surface area contributed by atoms with Crippen LogP contribution in [0.5, 0.6) is 0 Å². The largest absolute Gasteiger partial charge is 0.404 e. The summed E-state index contributed by atoms with van der Waals surface area (Å²) in [5.41, 5.74) is 14.2. The van der Waals surface area contributed by atoms with E-state index in [2.05, 4.69) is 9.71 Å². The maximum Gasteiger partial charge on any atom is 0.161 e. The Bertz CT molecular complexity index is 870. The third-order valence-corrected chi connectivity index (χ3v) is 5.12. The van der Waals surface area contributed by atoms with Crippen LogP contribution in [0.1, 0.15) is 38.6 Å². The first-order valence-electron chi connectivity index (χ1n) is 8.59. The van der Waals surface area contributed by atoms with Crippen molar-refractivity contribution >= 4 is 28.6 Å². The molecule has 26 heavy (non-hydrogen) atoms. The second-order valence-electron chi connectivity index (χ2n) is 6.33. The monoisotopic (exact) mass is 379 g/mol. The number of fused-ring (bicyclic) bond motifs is 1. The van der Waals surface area contributed by atoms with Crippen LogP contribution >= 0.6 is 11.9 Å². The molecule has 1 atom stereocenters. The molecule has 1 aromatic carbocycles. The van der Waals surface area contributed by atoms with E-state index in [9.17, 15) is 8.78 Å². The van der Waals surface area contributed by atoms with Gasteiger partial charge in [0.05, 0.1) is 17.1 Å². The second-order valence-corrected chi connectivity index (χ2v) is 7.43. The predicted octanol–water partition coefficient (Wildman–Crippen LogP) is 3.44. The van der Waals surface area contributed by atoms with Crippen LogP contribution in [0.2, 0.25) is 0 Å². The fourth-order valence-electron chi connectivity index (χ4n) is 2.76. The van der Waals surface area contributed by atoms with Crippen molar-refractivity contribution in [3.63, 3.8) is 0 Å². The maximum atomic E-state index is 13.7. The molecular formula is C18H23F2N5S. The lowest BCUT2D eigenvalue weighted by molar-refractivity contribution is 0.510. The number of nitrogens with one attached hydrogen (secondary N) is 1. The molecule has 0 aliphatic heterocycles. The first-order chi connectivity index (χ1) is 12.5. The Balaban J connectivity index is 2.03. The Hall–Kier alpha value is -2.06. The molecule has 140 valence electrons. The summed E-state index contributed by atoms with van der Waals surface area (Å²) in [4.78, 5) is 4.50. The molecule has 2 aromatic rings. The highest BCUT2D eigenvalue weighted by atomic mass is 32.2. The zero-order valence-corrected chi connectivity index (χ0v) is 15.6. The van der Waals surface area contributed by atoms with Crippen molar-refractivity contribution in [2.75, 3.05) is 5.75 Å². The fraction of sp³-hybridized carbons (Fsp3) is 0.389. The Morgan fingerprint density at radius 1 is 1.42 bits per heavy atom. The van der Waals surface area contributed by atoms with Crippen molar-refractivity contribution in [3.05, 3.63) is 47.6 Å². The number of nitrogens with zero attached hydrogens (tertiary/aromatic N) is 2. The lowest BCUT2D eigenvalue weighted by Gasteiger charge is -2.14. The first kappa shape index (κ1) is 18.7. The van der Waals surface area contributed by atoms with Gasteiger partial charge in [-0.05, 0) is 25.8 Å². The molecule has 0 saturated heterocycles. The molecule has 1 aliphatic rings. The lowest BCUT2D eigenvalue weighted by Crippen LogP contribution is -2.26. The number of rotatable bonds is 7. The Morgan fingerprint density at radius 3 is 2.73 bits per heavy atom. The summed E-state index contributed by atoms with van der Waals surface area (Å²) >= 11 is 1.57. The van der Waals surface area contributed by atoms with Gasteiger partial charge in [0.1, 0.15) is 5.82 Å². The second kappa shape index (κ2) is 7.67. The van der Waals surface area contributed by atoms with E-state index < -0.39 is 11.6 Å². The third-order valence-electron chi connectivity index (χ3n) is 4.31. The van der Waals surface area contributed by atoms with Crippen LogP contribution in [-0.4, -0.2) is 21.3 Å². The maximum absolute atomic E-state index is 13.7. The highest BCUT2D eigenvalue weighted by Gasteiger charge is 2.29. The molecule has 0 amide bonds. The molecule has 1 aliphatic carbocycles. The van der Waals surface area contributed by atoms with Crippen molar-refractivity contribution in [2.45, 2.75) is 38.8 Å². The Labute approximate surface area is 155 Å². The number of allylic oxidation sites excluding steroid dienone is 2. The van der Waals surface area contributed by atoms with Gasteiger partial charge in [-0.3, -0.25) is 4.72 Å². The van der Waals surface area contributed by atoms with E-state index >= 15 is 0 Å². The van der Waals surface area contributed by atoms with E-state index in [0.29, 0.717) is 28.1 Å². The topological polar surface area (TPSA) is 81.9 Å². The molecule has 5 nitrogen and oxygen atoms in total. The molecule has 1 heterocycles. The van der Waals surface area contributed by atoms with E-state index in [-0.39, 0.29) is 12.1 Å². The van der Waals surface area contributed by atoms with E-state index in [4.69, 9.17) is 11.5 Å². The highest BCUT2D eigenvalue weighted by molar-refractivity contribution is 7.97. The minimum Gasteiger partial charge on any atom is -0.404 e. The zero-order chi connectivity index (χ0) is 18.8. The molecule has 1 unspecified atom stereocenters. The minimum absolute atomic E-state index is 0.0523. The molecule has 3 rings (SSSR count). The van der Waals surface area contributed by atoms with Crippen LogP contribution in [0.15, 0.2) is 30.1 Å². The van der Waals surface area contributed by atoms with Crippen molar-refractivity contribution < 1.29 is 8.78 Å². The number of aromatic nitrogens is 2. The van der Waals surface area contributed by atoms with Crippen LogP contribution in [-0.2, 0) is 0 Å². The van der Waals surface area contributed by atoms with Crippen LogP contribution in [0, 0.1) is 11.6 Å². The summed E-state index contributed by atoms with van der Waals surface area (Å²) in [5.74, 6) is -0.291. The van der Waals surface area contributed by atoms with E-state index in [1.54, 1.807) is 18.0 Å². The van der Waals surface area contributed by atoms with Crippen LogP contribution < -0.4 is 16.2 Å². The summed E-state index contributed by atoms with van der Waals surface area (Å²) in [6.45, 7) is 4.00. The van der Waals surface area contributed by atoms with Gasteiger partial charge in [0.25, 0.3) is 0 Å². The predicted molar refractivity (Wildman–Crippen MR) is 103 cm³/mol. The molecular weight excluding hydrogens is 356 g/mol. The van der Waals surface area contributed by atoms with Gasteiger partial charge in [0.2, 0.25) is 0 Å². The van der Waals surface area contributed by atoms with Gasteiger partial charge in [-0.2, -0.15) is 0 Å². The average molecular weight is 379 g/mol. The highest BCUT2D eigenvalue weighted by Crippen LogP contribution is 2.40. The van der Waals surface area contributed by atoms with E-state index in [1.807, 2.05) is 18.4 Å². The van der Waals surface area contributed by atoms with Gasteiger partial charge in [-0.1, -0.05) is 18.9 Å². The number of halogens is 2. The van der Waals surface area contributed by atoms with Crippen LogP contribution in [0.4, 0.5) is 8.78 Å². The van der Waals surface area contributed by atoms with E-state index in [1.165, 1.54) is 12.3 Å². The van der Waals surface area contributed by atoms with Crippen molar-refractivity contribution in [2.24, 2.45) is 11.5 Å². The summed E-state index contributed by atoms with van der Waals surface area (Å²) in [6, 6.07) is 2.48. The summed E-state index contributed by atoms with van der Waals surface area (Å²) < 4.78 is 32.5. The third kappa shape index (κ3) is 3.71. The molecule has 1 saturated carbocycles. The molecule has 0 radical (unpaired) electrons. The van der Waals surface area contributed by atoms with Crippen LogP contribution in [0.3, 0.4) is 0 Å². The summed E-state index contributed by atoms with van der Waals surface area (Å²) in [7, 11) is 0. The van der Waals surface area contributed by atoms with E-state index in [0.717, 1.165) is 24.7 Å². The Morgan fingerprint density at radius 2 is 2.12 bits per heavy atom.